The molecule has 6 nitrogen and oxygen atoms in total. The standard InChI is InChI=1S/C19H23N5O/c1-19(2,3)17-11-16(22-23-17)12-20-18(25)15-7-4-6-14(10-15)13-24-9-5-8-21-24/h4-11H,12-13H2,1-3H3,(H,20,25)(H,22,23). The molecule has 3 rings (SSSR count). The lowest BCUT2D eigenvalue weighted by Gasteiger charge is -2.13. The lowest BCUT2D eigenvalue weighted by Crippen LogP contribution is -2.23. The van der Waals surface area contributed by atoms with E-state index in [0.717, 1.165) is 17.0 Å². The van der Waals surface area contributed by atoms with Crippen LogP contribution >= 0.6 is 0 Å². The third kappa shape index (κ3) is 4.35. The molecule has 1 amide bonds. The highest BCUT2D eigenvalue weighted by atomic mass is 16.1. The molecule has 2 N–H and O–H groups in total. The van der Waals surface area contributed by atoms with Gasteiger partial charge in [0.1, 0.15) is 0 Å². The van der Waals surface area contributed by atoms with Crippen LogP contribution in [0.2, 0.25) is 0 Å². The maximum absolute atomic E-state index is 12.4. The summed E-state index contributed by atoms with van der Waals surface area (Å²) in [6, 6.07) is 11.5. The number of carbonyl (C=O) groups excluding carboxylic acids is 1. The number of aromatic nitrogens is 4. The average molecular weight is 337 g/mol. The van der Waals surface area contributed by atoms with Crippen molar-refractivity contribution in [2.45, 2.75) is 39.3 Å². The Bertz CT molecular complexity index is 843. The van der Waals surface area contributed by atoms with Crippen molar-refractivity contribution in [3.63, 3.8) is 0 Å². The summed E-state index contributed by atoms with van der Waals surface area (Å²) in [5.41, 5.74) is 3.54. The molecule has 130 valence electrons. The van der Waals surface area contributed by atoms with Gasteiger partial charge in [0.05, 0.1) is 24.5 Å². The Balaban J connectivity index is 1.62. The molecule has 2 heterocycles. The van der Waals surface area contributed by atoms with E-state index in [1.807, 2.05) is 47.3 Å². The predicted molar refractivity (Wildman–Crippen MR) is 96.2 cm³/mol. The average Bonchev–Trinajstić information content (AvgIpc) is 3.24. The van der Waals surface area contributed by atoms with Gasteiger partial charge in [-0.1, -0.05) is 32.9 Å². The minimum Gasteiger partial charge on any atom is -0.346 e. The van der Waals surface area contributed by atoms with Gasteiger partial charge in [0, 0.05) is 23.4 Å². The lowest BCUT2D eigenvalue weighted by atomic mass is 9.92. The van der Waals surface area contributed by atoms with Gasteiger partial charge >= 0.3 is 0 Å². The van der Waals surface area contributed by atoms with Crippen molar-refractivity contribution < 1.29 is 4.79 Å². The Morgan fingerprint density at radius 3 is 2.76 bits per heavy atom. The molecule has 0 bridgehead atoms. The fraction of sp³-hybridized carbons (Fsp3) is 0.316. The van der Waals surface area contributed by atoms with Crippen molar-refractivity contribution in [2.75, 3.05) is 0 Å². The number of benzene rings is 1. The first-order chi connectivity index (χ1) is 11.9. The molecule has 0 atom stereocenters. The minimum atomic E-state index is -0.103. The van der Waals surface area contributed by atoms with Gasteiger partial charge in [-0.2, -0.15) is 10.2 Å². The molecule has 3 aromatic rings. The van der Waals surface area contributed by atoms with E-state index in [4.69, 9.17) is 0 Å². The van der Waals surface area contributed by atoms with Crippen LogP contribution in [0.4, 0.5) is 0 Å². The molecular weight excluding hydrogens is 314 g/mol. The Morgan fingerprint density at radius 1 is 1.24 bits per heavy atom. The second-order valence-corrected chi connectivity index (χ2v) is 7.12. The molecular formula is C19H23N5O. The Labute approximate surface area is 147 Å². The maximum Gasteiger partial charge on any atom is 0.251 e. The lowest BCUT2D eigenvalue weighted by molar-refractivity contribution is 0.0950. The number of carbonyl (C=O) groups is 1. The summed E-state index contributed by atoms with van der Waals surface area (Å²) in [5.74, 6) is -0.103. The van der Waals surface area contributed by atoms with Gasteiger partial charge in [-0.3, -0.25) is 14.6 Å². The number of aromatic amines is 1. The number of nitrogens with zero attached hydrogens (tertiary/aromatic N) is 3. The number of amides is 1. The third-order valence-corrected chi connectivity index (χ3v) is 3.93. The SMILES string of the molecule is CC(C)(C)c1cc(CNC(=O)c2cccc(Cn3cccn3)c2)[nH]n1. The number of hydrogen-bond acceptors (Lipinski definition) is 3. The Morgan fingerprint density at radius 2 is 2.08 bits per heavy atom. The van der Waals surface area contributed by atoms with E-state index < -0.39 is 0 Å². The summed E-state index contributed by atoms with van der Waals surface area (Å²) in [7, 11) is 0. The first-order valence-electron chi connectivity index (χ1n) is 8.31. The molecule has 0 aliphatic carbocycles. The van der Waals surface area contributed by atoms with Gasteiger partial charge in [-0.05, 0) is 29.8 Å². The number of rotatable bonds is 5. The number of nitrogens with one attached hydrogen (secondary N) is 2. The molecule has 1 aromatic carbocycles. The molecule has 0 spiro atoms. The van der Waals surface area contributed by atoms with Crippen molar-refractivity contribution >= 4 is 5.91 Å². The second kappa shape index (κ2) is 6.93. The molecule has 6 heteroatoms. The third-order valence-electron chi connectivity index (χ3n) is 3.93. The molecule has 0 saturated carbocycles. The molecule has 2 aromatic heterocycles. The smallest absolute Gasteiger partial charge is 0.251 e. The van der Waals surface area contributed by atoms with E-state index in [0.29, 0.717) is 18.7 Å². The fourth-order valence-electron chi connectivity index (χ4n) is 2.51. The van der Waals surface area contributed by atoms with Crippen LogP contribution in [-0.4, -0.2) is 25.9 Å². The summed E-state index contributed by atoms with van der Waals surface area (Å²) >= 11 is 0. The van der Waals surface area contributed by atoms with Crippen LogP contribution in [-0.2, 0) is 18.5 Å². The van der Waals surface area contributed by atoms with Crippen LogP contribution in [0.15, 0.2) is 48.8 Å². The molecule has 0 unspecified atom stereocenters. The van der Waals surface area contributed by atoms with E-state index >= 15 is 0 Å². The van der Waals surface area contributed by atoms with Crippen LogP contribution in [0.25, 0.3) is 0 Å². The van der Waals surface area contributed by atoms with E-state index in [1.165, 1.54) is 0 Å². The zero-order valence-corrected chi connectivity index (χ0v) is 14.8. The van der Waals surface area contributed by atoms with Crippen molar-refractivity contribution in [1.82, 2.24) is 25.3 Å². The van der Waals surface area contributed by atoms with Crippen molar-refractivity contribution in [2.24, 2.45) is 0 Å². The summed E-state index contributed by atoms with van der Waals surface area (Å²) < 4.78 is 1.83. The van der Waals surface area contributed by atoms with E-state index in [9.17, 15) is 4.79 Å². The van der Waals surface area contributed by atoms with Crippen LogP contribution < -0.4 is 5.32 Å². The Hall–Kier alpha value is -2.89. The van der Waals surface area contributed by atoms with Gasteiger partial charge in [-0.25, -0.2) is 0 Å². The molecule has 25 heavy (non-hydrogen) atoms. The van der Waals surface area contributed by atoms with E-state index in [1.54, 1.807) is 6.20 Å². The monoisotopic (exact) mass is 337 g/mol. The molecule has 0 aliphatic heterocycles. The van der Waals surface area contributed by atoms with Crippen LogP contribution in [0.1, 0.15) is 48.1 Å². The van der Waals surface area contributed by atoms with Crippen LogP contribution in [0, 0.1) is 0 Å². The summed E-state index contributed by atoms with van der Waals surface area (Å²) in [6.07, 6.45) is 3.64. The fourth-order valence-corrected chi connectivity index (χ4v) is 2.51. The van der Waals surface area contributed by atoms with E-state index in [-0.39, 0.29) is 11.3 Å². The highest BCUT2D eigenvalue weighted by Gasteiger charge is 2.17. The van der Waals surface area contributed by atoms with Gasteiger partial charge in [0.15, 0.2) is 0 Å². The van der Waals surface area contributed by atoms with Crippen molar-refractivity contribution in [3.8, 4) is 0 Å². The second-order valence-electron chi connectivity index (χ2n) is 7.12. The van der Waals surface area contributed by atoms with E-state index in [2.05, 4.69) is 41.4 Å². The first-order valence-corrected chi connectivity index (χ1v) is 8.31. The van der Waals surface area contributed by atoms with Crippen LogP contribution in [0.3, 0.4) is 0 Å². The van der Waals surface area contributed by atoms with Crippen LogP contribution in [0.5, 0.6) is 0 Å². The van der Waals surface area contributed by atoms with Gasteiger partial charge in [-0.15, -0.1) is 0 Å². The number of hydrogen-bond donors (Lipinski definition) is 2. The normalized spacial score (nSPS) is 11.5. The predicted octanol–water partition coefficient (Wildman–Crippen LogP) is 2.88. The molecule has 0 fully saturated rings. The molecule has 0 radical (unpaired) electrons. The van der Waals surface area contributed by atoms with Crippen molar-refractivity contribution in [3.05, 3.63) is 71.3 Å². The van der Waals surface area contributed by atoms with Gasteiger partial charge in [0.25, 0.3) is 5.91 Å². The largest absolute Gasteiger partial charge is 0.346 e. The summed E-state index contributed by atoms with van der Waals surface area (Å²) in [5, 5.41) is 14.4. The summed E-state index contributed by atoms with van der Waals surface area (Å²) in [6.45, 7) is 7.39. The van der Waals surface area contributed by atoms with Gasteiger partial charge < -0.3 is 5.32 Å². The quantitative estimate of drug-likeness (QED) is 0.752. The van der Waals surface area contributed by atoms with Crippen molar-refractivity contribution in [1.29, 1.82) is 0 Å². The molecule has 0 aliphatic rings. The minimum absolute atomic E-state index is 0.0143. The zero-order valence-electron chi connectivity index (χ0n) is 14.8. The molecule has 0 saturated heterocycles. The first kappa shape index (κ1) is 17.0. The topological polar surface area (TPSA) is 75.6 Å². The Kier molecular flexibility index (Phi) is 4.70. The summed E-state index contributed by atoms with van der Waals surface area (Å²) in [4.78, 5) is 12.4. The zero-order chi connectivity index (χ0) is 17.9. The van der Waals surface area contributed by atoms with Gasteiger partial charge in [0.2, 0.25) is 0 Å². The highest BCUT2D eigenvalue weighted by Crippen LogP contribution is 2.20. The maximum atomic E-state index is 12.4. The number of H-pyrrole nitrogens is 1. The highest BCUT2D eigenvalue weighted by molar-refractivity contribution is 5.94.